The van der Waals surface area contributed by atoms with Gasteiger partial charge in [-0.05, 0) is 95.3 Å². The van der Waals surface area contributed by atoms with Gasteiger partial charge in [-0.15, -0.1) is 4.72 Å². The first kappa shape index (κ1) is 23.2. The second kappa shape index (κ2) is 8.20. The van der Waals surface area contributed by atoms with Crippen molar-refractivity contribution >= 4 is 11.4 Å². The summed E-state index contributed by atoms with van der Waals surface area (Å²) < 4.78 is 29.4. The lowest BCUT2D eigenvalue weighted by Crippen LogP contribution is -2.51. The smallest absolute Gasteiger partial charge is 0.136 e. The Kier molecular flexibility index (Phi) is 6.33. The Bertz CT molecular complexity index is 894. The molecule has 0 radical (unpaired) electrons. The SMILES string of the molecule is CC(O)(CN)c1cc(C(C)(N[S+]([O-])C(C)(C)C)C2CC2)cc(-c2ccc(F)cc2)n1. The molecule has 4 N–H and O–H groups in total. The molecule has 5 nitrogen and oxygen atoms in total. The monoisotopic (exact) mass is 433 g/mol. The van der Waals surface area contributed by atoms with Gasteiger partial charge in [0.25, 0.3) is 0 Å². The highest BCUT2D eigenvalue weighted by Gasteiger charge is 2.48. The third-order valence-corrected chi connectivity index (χ3v) is 7.49. The average Bonchev–Trinajstić information content (AvgIpc) is 3.53. The molecule has 3 atom stereocenters. The molecule has 2 aromatic rings. The molecule has 1 aromatic heterocycles. The highest BCUT2D eigenvalue weighted by molar-refractivity contribution is 7.90. The van der Waals surface area contributed by atoms with Crippen molar-refractivity contribution in [3.63, 3.8) is 0 Å². The van der Waals surface area contributed by atoms with Gasteiger partial charge in [0.2, 0.25) is 0 Å². The summed E-state index contributed by atoms with van der Waals surface area (Å²) in [5, 5.41) is 10.8. The number of nitrogens with one attached hydrogen (secondary N) is 1. The van der Waals surface area contributed by atoms with E-state index in [-0.39, 0.29) is 12.4 Å². The number of benzene rings is 1. The predicted molar refractivity (Wildman–Crippen MR) is 119 cm³/mol. The third kappa shape index (κ3) is 4.86. The zero-order valence-corrected chi connectivity index (χ0v) is 19.1. The maximum atomic E-state index is 13.4. The van der Waals surface area contributed by atoms with E-state index in [1.54, 1.807) is 19.1 Å². The van der Waals surface area contributed by atoms with Crippen LogP contribution < -0.4 is 10.5 Å². The van der Waals surface area contributed by atoms with E-state index in [0.29, 0.717) is 17.3 Å². The zero-order chi connectivity index (χ0) is 22.3. The number of hydrogen-bond donors (Lipinski definition) is 3. The third-order valence-electron chi connectivity index (χ3n) is 5.77. The van der Waals surface area contributed by atoms with Gasteiger partial charge >= 0.3 is 0 Å². The van der Waals surface area contributed by atoms with Gasteiger partial charge in [-0.1, -0.05) is 0 Å². The van der Waals surface area contributed by atoms with Crippen LogP contribution in [0.4, 0.5) is 4.39 Å². The van der Waals surface area contributed by atoms with E-state index in [1.165, 1.54) is 12.1 Å². The number of rotatable bonds is 7. The van der Waals surface area contributed by atoms with E-state index >= 15 is 0 Å². The van der Waals surface area contributed by atoms with E-state index in [4.69, 9.17) is 5.73 Å². The zero-order valence-electron chi connectivity index (χ0n) is 18.3. The summed E-state index contributed by atoms with van der Waals surface area (Å²) in [4.78, 5) is 4.64. The quantitative estimate of drug-likeness (QED) is 0.579. The summed E-state index contributed by atoms with van der Waals surface area (Å²) in [6.45, 7) is 9.50. The summed E-state index contributed by atoms with van der Waals surface area (Å²) in [5.41, 5.74) is 6.62. The van der Waals surface area contributed by atoms with Gasteiger partial charge in [-0.2, -0.15) is 0 Å². The van der Waals surface area contributed by atoms with Crippen LogP contribution in [0.1, 0.15) is 58.7 Å². The van der Waals surface area contributed by atoms with Gasteiger partial charge in [-0.3, -0.25) is 0 Å². The minimum atomic E-state index is -1.32. The Morgan fingerprint density at radius 3 is 2.27 bits per heavy atom. The summed E-state index contributed by atoms with van der Waals surface area (Å²) in [7, 11) is 0. The van der Waals surface area contributed by atoms with Crippen LogP contribution in [-0.4, -0.2) is 25.9 Å². The molecule has 7 heteroatoms. The van der Waals surface area contributed by atoms with Gasteiger partial charge in [0.1, 0.15) is 16.2 Å². The Morgan fingerprint density at radius 1 is 1.17 bits per heavy atom. The van der Waals surface area contributed by atoms with Crippen molar-refractivity contribution < 1.29 is 14.0 Å². The van der Waals surface area contributed by atoms with Crippen molar-refractivity contribution in [1.82, 2.24) is 9.71 Å². The molecule has 164 valence electrons. The maximum absolute atomic E-state index is 13.4. The van der Waals surface area contributed by atoms with Crippen LogP contribution in [0, 0.1) is 11.7 Å². The lowest BCUT2D eigenvalue weighted by atomic mass is 9.85. The summed E-state index contributed by atoms with van der Waals surface area (Å²) in [6.07, 6.45) is 2.06. The number of pyridine rings is 1. The van der Waals surface area contributed by atoms with Crippen molar-refractivity contribution in [2.24, 2.45) is 11.7 Å². The van der Waals surface area contributed by atoms with Crippen molar-refractivity contribution in [2.45, 2.75) is 63.3 Å². The van der Waals surface area contributed by atoms with Crippen molar-refractivity contribution in [2.75, 3.05) is 6.54 Å². The van der Waals surface area contributed by atoms with E-state index in [2.05, 4.69) is 16.6 Å². The Balaban J connectivity index is 2.14. The molecule has 0 aliphatic heterocycles. The van der Waals surface area contributed by atoms with Crippen molar-refractivity contribution in [1.29, 1.82) is 0 Å². The van der Waals surface area contributed by atoms with Gasteiger partial charge in [0.15, 0.2) is 0 Å². The van der Waals surface area contributed by atoms with E-state index in [9.17, 15) is 14.0 Å². The van der Waals surface area contributed by atoms with E-state index in [1.807, 2.05) is 32.9 Å². The van der Waals surface area contributed by atoms with Crippen molar-refractivity contribution in [3.05, 3.63) is 53.5 Å². The number of halogens is 1. The standard InChI is InChI=1S/C23H32FN3O2S/c1-21(2,3)30(29)27-23(5,16-8-9-16)17-12-19(15-6-10-18(24)11-7-15)26-20(13-17)22(4,28)14-25/h6-7,10-13,16,27-28H,8-9,14,25H2,1-5H3. The Morgan fingerprint density at radius 2 is 1.77 bits per heavy atom. The largest absolute Gasteiger partial charge is 0.598 e. The fraction of sp³-hybridized carbons (Fsp3) is 0.522. The van der Waals surface area contributed by atoms with Crippen LogP contribution in [-0.2, 0) is 22.5 Å². The van der Waals surface area contributed by atoms with Gasteiger partial charge in [0.05, 0.1) is 16.9 Å². The molecule has 0 spiro atoms. The Labute approximate surface area is 181 Å². The number of hydrogen-bond acceptors (Lipinski definition) is 5. The molecule has 1 aromatic carbocycles. The van der Waals surface area contributed by atoms with Crippen LogP contribution in [0.25, 0.3) is 11.3 Å². The molecule has 1 heterocycles. The topological polar surface area (TPSA) is 94.2 Å². The number of aliphatic hydroxyl groups is 1. The van der Waals surface area contributed by atoms with Crippen LogP contribution >= 0.6 is 0 Å². The lowest BCUT2D eigenvalue weighted by molar-refractivity contribution is 0.0621. The summed E-state index contributed by atoms with van der Waals surface area (Å²) in [6, 6.07) is 9.89. The molecule has 1 aliphatic rings. The Hall–Kier alpha value is -1.51. The van der Waals surface area contributed by atoms with Crippen LogP contribution in [0.3, 0.4) is 0 Å². The first-order valence-corrected chi connectivity index (χ1v) is 11.4. The van der Waals surface area contributed by atoms with Gasteiger partial charge in [0, 0.05) is 23.5 Å². The molecule has 1 saturated carbocycles. The summed E-state index contributed by atoms with van der Waals surface area (Å²) >= 11 is -1.28. The van der Waals surface area contributed by atoms with Crippen LogP contribution in [0.15, 0.2) is 36.4 Å². The van der Waals surface area contributed by atoms with E-state index in [0.717, 1.165) is 24.0 Å². The lowest BCUT2D eigenvalue weighted by Gasteiger charge is -2.36. The first-order valence-electron chi connectivity index (χ1n) is 10.3. The molecule has 30 heavy (non-hydrogen) atoms. The van der Waals surface area contributed by atoms with Crippen molar-refractivity contribution in [3.8, 4) is 11.3 Å². The van der Waals surface area contributed by atoms with Gasteiger partial charge < -0.3 is 15.4 Å². The molecule has 0 amide bonds. The average molecular weight is 434 g/mol. The number of aromatic nitrogens is 1. The van der Waals surface area contributed by atoms with E-state index < -0.39 is 27.2 Å². The molecule has 0 bridgehead atoms. The normalized spacial score (nSPS) is 19.8. The fourth-order valence-electron chi connectivity index (χ4n) is 3.36. The summed E-state index contributed by atoms with van der Waals surface area (Å²) in [5.74, 6) is -0.00270. The second-order valence-electron chi connectivity index (χ2n) is 9.57. The van der Waals surface area contributed by atoms with Crippen LogP contribution in [0.5, 0.6) is 0 Å². The number of nitrogens with two attached hydrogens (primary N) is 1. The second-order valence-corrected chi connectivity index (χ2v) is 11.5. The highest BCUT2D eigenvalue weighted by Crippen LogP contribution is 2.47. The maximum Gasteiger partial charge on any atom is 0.136 e. The predicted octanol–water partition coefficient (Wildman–Crippen LogP) is 3.73. The molecule has 1 aliphatic carbocycles. The molecular weight excluding hydrogens is 401 g/mol. The minimum absolute atomic E-state index is 0.00774. The number of nitrogens with zero attached hydrogens (tertiary/aromatic N) is 1. The molecule has 3 rings (SSSR count). The molecular formula is C23H32FN3O2S. The molecule has 0 saturated heterocycles. The fourth-order valence-corrected chi connectivity index (χ4v) is 4.34. The first-order chi connectivity index (χ1) is 13.9. The van der Waals surface area contributed by atoms with Gasteiger partial charge in [-0.25, -0.2) is 9.37 Å². The van der Waals surface area contributed by atoms with Crippen LogP contribution in [0.2, 0.25) is 0 Å². The highest BCUT2D eigenvalue weighted by atomic mass is 32.2. The molecule has 1 fully saturated rings. The minimum Gasteiger partial charge on any atom is -0.598 e. The molecule has 3 unspecified atom stereocenters.